The molecule has 2 amide bonds. The maximum atomic E-state index is 12.6. The van der Waals surface area contributed by atoms with Crippen LogP contribution in [0.2, 0.25) is 0 Å². The molecule has 0 aromatic heterocycles. The first-order valence-corrected chi connectivity index (χ1v) is 12.4. The molecule has 0 radical (unpaired) electrons. The molecule has 0 aliphatic carbocycles. The number of carbonyl (C=O) groups excluding carboxylic acids is 2. The summed E-state index contributed by atoms with van der Waals surface area (Å²) in [5, 5.41) is 0. The summed E-state index contributed by atoms with van der Waals surface area (Å²) in [5.41, 5.74) is 2.80. The smallest absolute Gasteiger partial charge is 0.240 e. The zero-order valence-electron chi connectivity index (χ0n) is 19.3. The highest BCUT2D eigenvalue weighted by molar-refractivity contribution is 7.89. The minimum Gasteiger partial charge on any atom is -0.497 e. The van der Waals surface area contributed by atoms with Crippen LogP contribution in [0.5, 0.6) is 5.75 Å². The lowest BCUT2D eigenvalue weighted by Gasteiger charge is -2.35. The van der Waals surface area contributed by atoms with Gasteiger partial charge in [-0.1, -0.05) is 18.2 Å². The van der Waals surface area contributed by atoms with E-state index in [0.717, 1.165) is 16.7 Å². The average Bonchev–Trinajstić information content (AvgIpc) is 2.80. The topological polar surface area (TPSA) is 96.0 Å². The van der Waals surface area contributed by atoms with Gasteiger partial charge < -0.3 is 14.5 Å². The van der Waals surface area contributed by atoms with Gasteiger partial charge in [0, 0.05) is 39.1 Å². The first-order valence-electron chi connectivity index (χ1n) is 10.9. The molecule has 1 heterocycles. The Hall–Kier alpha value is -2.91. The molecule has 0 bridgehead atoms. The van der Waals surface area contributed by atoms with Crippen LogP contribution in [0.1, 0.15) is 23.1 Å². The second-order valence-corrected chi connectivity index (χ2v) is 9.95. The number of ether oxygens (including phenoxy) is 1. The molecular formula is C24H31N3O5S. The molecule has 0 spiro atoms. The quantitative estimate of drug-likeness (QED) is 0.632. The number of methoxy groups -OCH3 is 1. The van der Waals surface area contributed by atoms with Gasteiger partial charge in [0.1, 0.15) is 5.75 Å². The van der Waals surface area contributed by atoms with Crippen LogP contribution in [0.25, 0.3) is 0 Å². The molecule has 3 rings (SSSR count). The fraction of sp³-hybridized carbons (Fsp3) is 0.417. The van der Waals surface area contributed by atoms with Crippen LogP contribution in [0.3, 0.4) is 0 Å². The van der Waals surface area contributed by atoms with Crippen molar-refractivity contribution in [3.05, 3.63) is 59.2 Å². The van der Waals surface area contributed by atoms with Crippen LogP contribution in [-0.4, -0.2) is 69.9 Å². The van der Waals surface area contributed by atoms with Gasteiger partial charge in [0.2, 0.25) is 21.8 Å². The molecule has 1 aliphatic rings. The van der Waals surface area contributed by atoms with E-state index < -0.39 is 10.0 Å². The third kappa shape index (κ3) is 6.55. The Morgan fingerprint density at radius 2 is 1.61 bits per heavy atom. The van der Waals surface area contributed by atoms with Crippen LogP contribution in [0.15, 0.2) is 47.4 Å². The zero-order valence-corrected chi connectivity index (χ0v) is 20.2. The summed E-state index contributed by atoms with van der Waals surface area (Å²) in [6, 6.07) is 12.4. The standard InChI is InChI=1S/C24H31N3O5S/c1-18-7-8-22(15-19(18)2)33(30,31)25-10-9-23(28)26-11-13-27(14-12-26)24(29)17-20-5-4-6-21(16-20)32-3/h4-8,15-16,25H,9-14,17H2,1-3H3. The zero-order chi connectivity index (χ0) is 24.0. The second kappa shape index (κ2) is 10.8. The second-order valence-electron chi connectivity index (χ2n) is 8.18. The van der Waals surface area contributed by atoms with E-state index in [0.29, 0.717) is 31.9 Å². The first-order chi connectivity index (χ1) is 15.7. The minimum absolute atomic E-state index is 0.0107. The van der Waals surface area contributed by atoms with Crippen molar-refractivity contribution in [2.24, 2.45) is 0 Å². The molecule has 33 heavy (non-hydrogen) atoms. The van der Waals surface area contributed by atoms with E-state index in [2.05, 4.69) is 4.72 Å². The molecular weight excluding hydrogens is 442 g/mol. The summed E-state index contributed by atoms with van der Waals surface area (Å²) in [5.74, 6) is 0.595. The lowest BCUT2D eigenvalue weighted by Crippen LogP contribution is -2.51. The number of hydrogen-bond donors (Lipinski definition) is 1. The van der Waals surface area contributed by atoms with Gasteiger partial charge in [-0.15, -0.1) is 0 Å². The monoisotopic (exact) mass is 473 g/mol. The normalized spacial score (nSPS) is 14.3. The molecule has 1 aliphatic heterocycles. The highest BCUT2D eigenvalue weighted by Crippen LogP contribution is 2.16. The van der Waals surface area contributed by atoms with Crippen molar-refractivity contribution in [1.82, 2.24) is 14.5 Å². The number of carbonyl (C=O) groups is 2. The fourth-order valence-electron chi connectivity index (χ4n) is 3.69. The highest BCUT2D eigenvalue weighted by atomic mass is 32.2. The van der Waals surface area contributed by atoms with E-state index in [9.17, 15) is 18.0 Å². The lowest BCUT2D eigenvalue weighted by atomic mass is 10.1. The van der Waals surface area contributed by atoms with Gasteiger partial charge >= 0.3 is 0 Å². The molecule has 0 unspecified atom stereocenters. The molecule has 1 fully saturated rings. The summed E-state index contributed by atoms with van der Waals surface area (Å²) >= 11 is 0. The minimum atomic E-state index is -3.66. The SMILES string of the molecule is COc1cccc(CC(=O)N2CCN(C(=O)CCNS(=O)(=O)c3ccc(C)c(C)c3)CC2)c1. The Morgan fingerprint density at radius 1 is 0.939 bits per heavy atom. The molecule has 178 valence electrons. The molecule has 1 saturated heterocycles. The number of amides is 2. The number of aryl methyl sites for hydroxylation is 2. The predicted octanol–water partition coefficient (Wildman–Crippen LogP) is 1.89. The van der Waals surface area contributed by atoms with Crippen molar-refractivity contribution < 1.29 is 22.7 Å². The van der Waals surface area contributed by atoms with Crippen LogP contribution in [0, 0.1) is 13.8 Å². The maximum absolute atomic E-state index is 12.6. The van der Waals surface area contributed by atoms with Gasteiger partial charge in [-0.3, -0.25) is 9.59 Å². The van der Waals surface area contributed by atoms with E-state index >= 15 is 0 Å². The summed E-state index contributed by atoms with van der Waals surface area (Å²) in [6.45, 7) is 5.61. The Balaban J connectivity index is 1.44. The van der Waals surface area contributed by atoms with Gasteiger partial charge in [0.15, 0.2) is 0 Å². The number of hydrogen-bond acceptors (Lipinski definition) is 5. The molecule has 0 saturated carbocycles. The Morgan fingerprint density at radius 3 is 2.24 bits per heavy atom. The van der Waals surface area contributed by atoms with Crippen molar-refractivity contribution in [3.8, 4) is 5.75 Å². The van der Waals surface area contributed by atoms with Crippen LogP contribution in [0.4, 0.5) is 0 Å². The van der Waals surface area contributed by atoms with Crippen LogP contribution < -0.4 is 9.46 Å². The molecule has 2 aromatic carbocycles. The molecule has 0 atom stereocenters. The molecule has 8 nitrogen and oxygen atoms in total. The lowest BCUT2D eigenvalue weighted by molar-refractivity contribution is -0.139. The van der Waals surface area contributed by atoms with Crippen molar-refractivity contribution in [2.75, 3.05) is 39.8 Å². The number of piperazine rings is 1. The van der Waals surface area contributed by atoms with Gasteiger partial charge in [-0.05, 0) is 54.8 Å². The maximum Gasteiger partial charge on any atom is 0.240 e. The third-order valence-corrected chi connectivity index (χ3v) is 7.35. The highest BCUT2D eigenvalue weighted by Gasteiger charge is 2.24. The largest absolute Gasteiger partial charge is 0.497 e. The Labute approximate surface area is 195 Å². The Kier molecular flexibility index (Phi) is 8.10. The fourth-order valence-corrected chi connectivity index (χ4v) is 4.81. The van der Waals surface area contributed by atoms with E-state index in [1.54, 1.807) is 35.1 Å². The molecule has 9 heteroatoms. The van der Waals surface area contributed by atoms with E-state index in [-0.39, 0.29) is 36.1 Å². The number of nitrogens with one attached hydrogen (secondary N) is 1. The van der Waals surface area contributed by atoms with Gasteiger partial charge in [0.25, 0.3) is 0 Å². The number of rotatable bonds is 8. The van der Waals surface area contributed by atoms with Gasteiger partial charge in [-0.25, -0.2) is 13.1 Å². The van der Waals surface area contributed by atoms with E-state index in [1.165, 1.54) is 0 Å². The summed E-state index contributed by atoms with van der Waals surface area (Å²) in [4.78, 5) is 28.8. The van der Waals surface area contributed by atoms with E-state index in [1.807, 2.05) is 38.1 Å². The average molecular weight is 474 g/mol. The number of nitrogens with zero attached hydrogens (tertiary/aromatic N) is 2. The molecule has 2 aromatic rings. The predicted molar refractivity (Wildman–Crippen MR) is 126 cm³/mol. The van der Waals surface area contributed by atoms with Crippen molar-refractivity contribution in [3.63, 3.8) is 0 Å². The number of sulfonamides is 1. The van der Waals surface area contributed by atoms with Crippen LogP contribution >= 0.6 is 0 Å². The number of benzene rings is 2. The first kappa shape index (κ1) is 24.7. The van der Waals surface area contributed by atoms with Gasteiger partial charge in [-0.2, -0.15) is 0 Å². The van der Waals surface area contributed by atoms with Crippen molar-refractivity contribution in [1.29, 1.82) is 0 Å². The van der Waals surface area contributed by atoms with Gasteiger partial charge in [0.05, 0.1) is 18.4 Å². The van der Waals surface area contributed by atoms with Crippen molar-refractivity contribution >= 4 is 21.8 Å². The summed E-state index contributed by atoms with van der Waals surface area (Å²) in [7, 11) is -2.07. The van der Waals surface area contributed by atoms with E-state index in [4.69, 9.17) is 4.74 Å². The van der Waals surface area contributed by atoms with Crippen LogP contribution in [-0.2, 0) is 26.0 Å². The third-order valence-electron chi connectivity index (χ3n) is 5.89. The molecule has 1 N–H and O–H groups in total. The Bertz CT molecular complexity index is 1110. The summed E-state index contributed by atoms with van der Waals surface area (Å²) < 4.78 is 32.7. The van der Waals surface area contributed by atoms with Crippen molar-refractivity contribution in [2.45, 2.75) is 31.6 Å². The summed E-state index contributed by atoms with van der Waals surface area (Å²) in [6.07, 6.45) is 0.354.